The van der Waals surface area contributed by atoms with Gasteiger partial charge in [0.25, 0.3) is 5.69 Å². The molecular weight excluding hydrogens is 260 g/mol. The minimum absolute atomic E-state index is 0.130. The maximum absolute atomic E-state index is 10.8. The highest BCUT2D eigenvalue weighted by atomic mass is 79.9. The maximum atomic E-state index is 10.8. The number of halogens is 1. The second-order valence-corrected chi connectivity index (χ2v) is 4.04. The van der Waals surface area contributed by atoms with Crippen molar-refractivity contribution in [1.29, 1.82) is 0 Å². The number of rotatable bonds is 5. The summed E-state index contributed by atoms with van der Waals surface area (Å²) in [6, 6.07) is 6.71. The zero-order valence-corrected chi connectivity index (χ0v) is 10.1. The minimum atomic E-state index is -0.366. The Labute approximate surface area is 97.4 Å². The molecule has 0 unspecified atom stereocenters. The van der Waals surface area contributed by atoms with Gasteiger partial charge in [0, 0.05) is 28.8 Å². The Morgan fingerprint density at radius 2 is 2.13 bits per heavy atom. The lowest BCUT2D eigenvalue weighted by atomic mass is 10.2. The van der Waals surface area contributed by atoms with Crippen LogP contribution in [0.1, 0.15) is 19.8 Å². The molecule has 5 heteroatoms. The number of nitro benzene ring substituents is 1. The minimum Gasteiger partial charge on any atom is -0.303 e. The van der Waals surface area contributed by atoms with Crippen molar-refractivity contribution in [3.63, 3.8) is 0 Å². The summed E-state index contributed by atoms with van der Waals surface area (Å²) in [6.45, 7) is 2.85. The Morgan fingerprint density at radius 1 is 1.47 bits per heavy atom. The van der Waals surface area contributed by atoms with Crippen molar-refractivity contribution < 1.29 is 4.92 Å². The third-order valence-corrected chi connectivity index (χ3v) is 2.78. The fourth-order valence-corrected chi connectivity index (χ4v) is 1.79. The van der Waals surface area contributed by atoms with Gasteiger partial charge >= 0.3 is 0 Å². The van der Waals surface area contributed by atoms with Crippen LogP contribution in [0.4, 0.5) is 11.4 Å². The fraction of sp³-hybridized carbons (Fsp3) is 0.400. The fourth-order valence-electron chi connectivity index (χ4n) is 1.24. The molecule has 0 aliphatic carbocycles. The van der Waals surface area contributed by atoms with Crippen LogP contribution >= 0.6 is 16.1 Å². The smallest absolute Gasteiger partial charge is 0.293 e. The van der Waals surface area contributed by atoms with Crippen LogP contribution in [0.5, 0.6) is 0 Å². The van der Waals surface area contributed by atoms with Crippen molar-refractivity contribution in [2.75, 3.05) is 10.5 Å². The van der Waals surface area contributed by atoms with Crippen molar-refractivity contribution in [2.24, 2.45) is 0 Å². The summed E-state index contributed by atoms with van der Waals surface area (Å²) < 4.78 is 1.74. The molecule has 4 nitrogen and oxygen atoms in total. The molecule has 0 heterocycles. The van der Waals surface area contributed by atoms with Crippen molar-refractivity contribution >= 4 is 27.5 Å². The van der Waals surface area contributed by atoms with Gasteiger partial charge in [-0.2, -0.15) is 0 Å². The van der Waals surface area contributed by atoms with Crippen LogP contribution in [-0.4, -0.2) is 11.5 Å². The molecule has 82 valence electrons. The van der Waals surface area contributed by atoms with Crippen molar-refractivity contribution in [1.82, 2.24) is 0 Å². The summed E-state index contributed by atoms with van der Waals surface area (Å²) in [5.74, 6) is 0. The van der Waals surface area contributed by atoms with Crippen molar-refractivity contribution in [2.45, 2.75) is 19.8 Å². The average molecular weight is 273 g/mol. The van der Waals surface area contributed by atoms with Gasteiger partial charge in [0.15, 0.2) is 0 Å². The molecule has 0 spiro atoms. The lowest BCUT2D eigenvalue weighted by molar-refractivity contribution is -0.384. The molecular formula is C10H13BrN2O2. The van der Waals surface area contributed by atoms with Crippen LogP contribution in [-0.2, 0) is 0 Å². The van der Waals surface area contributed by atoms with Gasteiger partial charge in [0.05, 0.1) is 4.92 Å². The number of nitrogens with zero attached hydrogens (tertiary/aromatic N) is 2. The molecule has 1 aromatic carbocycles. The third kappa shape index (κ3) is 3.20. The predicted molar refractivity (Wildman–Crippen MR) is 64.3 cm³/mol. The van der Waals surface area contributed by atoms with Gasteiger partial charge in [0.1, 0.15) is 5.69 Å². The van der Waals surface area contributed by atoms with E-state index in [-0.39, 0.29) is 10.6 Å². The molecule has 0 fully saturated rings. The summed E-state index contributed by atoms with van der Waals surface area (Å²) in [5, 5.41) is 10.8. The van der Waals surface area contributed by atoms with Crippen molar-refractivity contribution in [3.8, 4) is 0 Å². The molecule has 0 aliphatic rings. The Hall–Kier alpha value is -1.10. The normalized spacial score (nSPS) is 10.0. The molecule has 0 atom stereocenters. The zero-order valence-electron chi connectivity index (χ0n) is 8.52. The van der Waals surface area contributed by atoms with Crippen LogP contribution in [0.2, 0.25) is 0 Å². The largest absolute Gasteiger partial charge is 0.303 e. The van der Waals surface area contributed by atoms with E-state index in [0.717, 1.165) is 19.4 Å². The van der Waals surface area contributed by atoms with E-state index in [2.05, 4.69) is 23.1 Å². The Balaban J connectivity index is 2.87. The predicted octanol–water partition coefficient (Wildman–Crippen LogP) is 3.51. The van der Waals surface area contributed by atoms with Crippen molar-refractivity contribution in [3.05, 3.63) is 34.4 Å². The van der Waals surface area contributed by atoms with Gasteiger partial charge in [-0.3, -0.25) is 10.1 Å². The number of para-hydroxylation sites is 2. The number of hydrogen-bond acceptors (Lipinski definition) is 3. The van der Waals surface area contributed by atoms with Crippen LogP contribution < -0.4 is 3.93 Å². The second-order valence-electron chi connectivity index (χ2n) is 3.19. The van der Waals surface area contributed by atoms with E-state index in [1.54, 1.807) is 22.1 Å². The highest BCUT2D eigenvalue weighted by Crippen LogP contribution is 2.29. The van der Waals surface area contributed by atoms with Crippen LogP contribution in [0.3, 0.4) is 0 Å². The van der Waals surface area contributed by atoms with E-state index in [1.807, 2.05) is 0 Å². The number of nitro groups is 1. The summed E-state index contributed by atoms with van der Waals surface area (Å²) in [4.78, 5) is 10.4. The first kappa shape index (κ1) is 12.0. The van der Waals surface area contributed by atoms with Gasteiger partial charge in [0.2, 0.25) is 0 Å². The SMILES string of the molecule is CCCCN(Br)c1ccccc1[N+](=O)[O-]. The molecule has 0 aromatic heterocycles. The topological polar surface area (TPSA) is 46.4 Å². The summed E-state index contributed by atoms with van der Waals surface area (Å²) in [7, 11) is 0. The lowest BCUT2D eigenvalue weighted by Crippen LogP contribution is -2.12. The molecule has 0 bridgehead atoms. The molecule has 0 aliphatic heterocycles. The highest BCUT2D eigenvalue weighted by Gasteiger charge is 2.16. The van der Waals surface area contributed by atoms with Crippen LogP contribution in [0.25, 0.3) is 0 Å². The van der Waals surface area contributed by atoms with Gasteiger partial charge in [-0.25, -0.2) is 0 Å². The first-order valence-electron chi connectivity index (χ1n) is 4.83. The summed E-state index contributed by atoms with van der Waals surface area (Å²) >= 11 is 3.34. The summed E-state index contributed by atoms with van der Waals surface area (Å²) in [6.07, 6.45) is 2.06. The van der Waals surface area contributed by atoms with E-state index < -0.39 is 0 Å². The van der Waals surface area contributed by atoms with Crippen LogP contribution in [0, 0.1) is 10.1 Å². The monoisotopic (exact) mass is 272 g/mol. The van der Waals surface area contributed by atoms with E-state index >= 15 is 0 Å². The Morgan fingerprint density at radius 3 is 2.73 bits per heavy atom. The molecule has 0 amide bonds. The highest BCUT2D eigenvalue weighted by molar-refractivity contribution is 9.10. The van der Waals surface area contributed by atoms with Crippen LogP contribution in [0.15, 0.2) is 24.3 Å². The first-order valence-corrected chi connectivity index (χ1v) is 5.54. The average Bonchev–Trinajstić information content (AvgIpc) is 2.25. The number of anilines is 1. The molecule has 15 heavy (non-hydrogen) atoms. The van der Waals surface area contributed by atoms with E-state index in [0.29, 0.717) is 5.69 Å². The Bertz CT molecular complexity index is 344. The van der Waals surface area contributed by atoms with E-state index in [4.69, 9.17) is 0 Å². The standard InChI is InChI=1S/C10H13BrN2O2/c1-2-3-8-12(11)9-6-4-5-7-10(9)13(14)15/h4-7H,2-3,8H2,1H3. The number of unbranched alkanes of at least 4 members (excludes halogenated alkanes) is 1. The maximum Gasteiger partial charge on any atom is 0.293 e. The second kappa shape index (κ2) is 5.70. The molecule has 0 radical (unpaired) electrons. The number of benzene rings is 1. The van der Waals surface area contributed by atoms with Gasteiger partial charge in [-0.05, 0) is 12.5 Å². The van der Waals surface area contributed by atoms with E-state index in [1.165, 1.54) is 6.07 Å². The molecule has 0 saturated heterocycles. The lowest BCUT2D eigenvalue weighted by Gasteiger charge is -2.15. The van der Waals surface area contributed by atoms with Gasteiger partial charge < -0.3 is 3.93 Å². The zero-order chi connectivity index (χ0) is 11.3. The first-order chi connectivity index (χ1) is 7.16. The van der Waals surface area contributed by atoms with E-state index in [9.17, 15) is 10.1 Å². The molecule has 1 aromatic rings. The molecule has 0 saturated carbocycles. The quantitative estimate of drug-likeness (QED) is 0.468. The Kier molecular flexibility index (Phi) is 4.55. The van der Waals surface area contributed by atoms with Gasteiger partial charge in [-0.1, -0.05) is 25.5 Å². The number of hydrogen-bond donors (Lipinski definition) is 0. The molecule has 1 rings (SSSR count). The molecule has 0 N–H and O–H groups in total. The summed E-state index contributed by atoms with van der Waals surface area (Å²) in [5.41, 5.74) is 0.737. The third-order valence-electron chi connectivity index (χ3n) is 2.05. The van der Waals surface area contributed by atoms with Gasteiger partial charge in [-0.15, -0.1) is 0 Å².